The van der Waals surface area contributed by atoms with Crippen molar-refractivity contribution in [1.82, 2.24) is 10.2 Å². The van der Waals surface area contributed by atoms with Crippen molar-refractivity contribution >= 4 is 5.91 Å². The average Bonchev–Trinajstić information content (AvgIpc) is 2.36. The number of likely N-dealkylation sites (tertiary alicyclic amines) is 1. The molecule has 4 heteroatoms. The zero-order valence-corrected chi connectivity index (χ0v) is 7.42. The van der Waals surface area contributed by atoms with Gasteiger partial charge in [0.2, 0.25) is 5.91 Å². The van der Waals surface area contributed by atoms with Crippen LogP contribution in [0.25, 0.3) is 0 Å². The fourth-order valence-electron chi connectivity index (χ4n) is 1.58. The highest BCUT2D eigenvalue weighted by Crippen LogP contribution is 2.07. The van der Waals surface area contributed by atoms with Crippen molar-refractivity contribution in [2.24, 2.45) is 0 Å². The van der Waals surface area contributed by atoms with Crippen LogP contribution >= 0.6 is 0 Å². The lowest BCUT2D eigenvalue weighted by Crippen LogP contribution is -2.36. The highest BCUT2D eigenvalue weighted by molar-refractivity contribution is 5.73. The number of aliphatic hydroxyl groups is 1. The summed E-state index contributed by atoms with van der Waals surface area (Å²) in [6.45, 7) is 4.31. The van der Waals surface area contributed by atoms with E-state index in [4.69, 9.17) is 5.11 Å². The molecule has 0 aromatic rings. The van der Waals surface area contributed by atoms with Gasteiger partial charge in [0.15, 0.2) is 0 Å². The molecular formula is C8H16N2O2. The fourth-order valence-corrected chi connectivity index (χ4v) is 1.58. The summed E-state index contributed by atoms with van der Waals surface area (Å²) in [4.78, 5) is 12.8. The van der Waals surface area contributed by atoms with Gasteiger partial charge in [0, 0.05) is 32.6 Å². The van der Waals surface area contributed by atoms with Crippen LogP contribution in [0.2, 0.25) is 0 Å². The standard InChI is InChI=1S/C8H16N2O2/c1-7(12)9-8-2-3-10(6-8)4-5-11/h8,11H,2-6H2,1H3,(H,9,12)/t8-/m0/s1. The van der Waals surface area contributed by atoms with E-state index in [1.54, 1.807) is 0 Å². The summed E-state index contributed by atoms with van der Waals surface area (Å²) in [5.74, 6) is 0.0332. The number of β-amino-alcohol motifs (C(OH)–C–C–N with tert-alkyl or cyclic N) is 1. The van der Waals surface area contributed by atoms with Gasteiger partial charge in [0.25, 0.3) is 0 Å². The topological polar surface area (TPSA) is 52.6 Å². The van der Waals surface area contributed by atoms with E-state index in [0.717, 1.165) is 26.1 Å². The summed E-state index contributed by atoms with van der Waals surface area (Å²) in [6, 6.07) is 0.286. The minimum Gasteiger partial charge on any atom is -0.395 e. The molecule has 0 bridgehead atoms. The van der Waals surface area contributed by atoms with Crippen molar-refractivity contribution in [3.63, 3.8) is 0 Å². The molecule has 2 N–H and O–H groups in total. The lowest BCUT2D eigenvalue weighted by Gasteiger charge is -2.14. The Morgan fingerprint density at radius 3 is 3.08 bits per heavy atom. The first-order valence-corrected chi connectivity index (χ1v) is 4.32. The van der Waals surface area contributed by atoms with Gasteiger partial charge in [-0.25, -0.2) is 0 Å². The molecule has 0 spiro atoms. The highest BCUT2D eigenvalue weighted by atomic mass is 16.3. The molecule has 0 unspecified atom stereocenters. The number of aliphatic hydroxyl groups excluding tert-OH is 1. The summed E-state index contributed by atoms with van der Waals surface area (Å²) in [6.07, 6.45) is 1.000. The number of carbonyl (C=O) groups is 1. The van der Waals surface area contributed by atoms with Crippen LogP contribution < -0.4 is 5.32 Å². The van der Waals surface area contributed by atoms with Gasteiger partial charge in [-0.2, -0.15) is 0 Å². The zero-order valence-electron chi connectivity index (χ0n) is 7.42. The largest absolute Gasteiger partial charge is 0.395 e. The number of nitrogens with one attached hydrogen (secondary N) is 1. The van der Waals surface area contributed by atoms with Crippen molar-refractivity contribution in [2.45, 2.75) is 19.4 Å². The van der Waals surface area contributed by atoms with E-state index in [0.29, 0.717) is 0 Å². The van der Waals surface area contributed by atoms with E-state index in [1.807, 2.05) is 0 Å². The first-order chi connectivity index (χ1) is 5.72. The van der Waals surface area contributed by atoms with E-state index < -0.39 is 0 Å². The number of hydrogen-bond acceptors (Lipinski definition) is 3. The van der Waals surface area contributed by atoms with Crippen LogP contribution in [0.15, 0.2) is 0 Å². The van der Waals surface area contributed by atoms with E-state index in [1.165, 1.54) is 6.92 Å². The third kappa shape index (κ3) is 2.79. The lowest BCUT2D eigenvalue weighted by molar-refractivity contribution is -0.119. The summed E-state index contributed by atoms with van der Waals surface area (Å²) in [5.41, 5.74) is 0. The van der Waals surface area contributed by atoms with Crippen molar-refractivity contribution in [3.8, 4) is 0 Å². The molecule has 0 saturated carbocycles. The van der Waals surface area contributed by atoms with Gasteiger partial charge in [-0.3, -0.25) is 9.69 Å². The molecule has 1 saturated heterocycles. The summed E-state index contributed by atoms with van der Waals surface area (Å²) in [7, 11) is 0. The van der Waals surface area contributed by atoms with E-state index >= 15 is 0 Å². The molecule has 0 aromatic heterocycles. The second-order valence-electron chi connectivity index (χ2n) is 3.21. The monoisotopic (exact) mass is 172 g/mol. The molecule has 1 amide bonds. The first kappa shape index (κ1) is 9.48. The maximum Gasteiger partial charge on any atom is 0.217 e. The summed E-state index contributed by atoms with van der Waals surface area (Å²) in [5, 5.41) is 11.5. The highest BCUT2D eigenvalue weighted by Gasteiger charge is 2.21. The molecule has 0 aromatic carbocycles. The van der Waals surface area contributed by atoms with Crippen molar-refractivity contribution in [2.75, 3.05) is 26.2 Å². The van der Waals surface area contributed by atoms with E-state index in [9.17, 15) is 4.79 Å². The van der Waals surface area contributed by atoms with Crippen LogP contribution in [0, 0.1) is 0 Å². The Balaban J connectivity index is 2.21. The molecule has 12 heavy (non-hydrogen) atoms. The Labute approximate surface area is 72.6 Å². The Bertz CT molecular complexity index is 161. The second-order valence-corrected chi connectivity index (χ2v) is 3.21. The van der Waals surface area contributed by atoms with Gasteiger partial charge in [-0.15, -0.1) is 0 Å². The quantitative estimate of drug-likeness (QED) is 0.585. The van der Waals surface area contributed by atoms with Gasteiger partial charge in [-0.05, 0) is 6.42 Å². The first-order valence-electron chi connectivity index (χ1n) is 4.32. The maximum atomic E-state index is 10.7. The molecule has 70 valence electrons. The molecule has 1 rings (SSSR count). The third-order valence-electron chi connectivity index (χ3n) is 2.10. The third-order valence-corrected chi connectivity index (χ3v) is 2.10. The van der Waals surface area contributed by atoms with Crippen LogP contribution in [0.1, 0.15) is 13.3 Å². The Morgan fingerprint density at radius 1 is 1.75 bits per heavy atom. The normalized spacial score (nSPS) is 24.3. The molecule has 1 aliphatic heterocycles. The SMILES string of the molecule is CC(=O)N[C@H]1CCN(CCO)C1. The Kier molecular flexibility index (Phi) is 3.49. The fraction of sp³-hybridized carbons (Fsp3) is 0.875. The summed E-state index contributed by atoms with van der Waals surface area (Å²) >= 11 is 0. The molecular weight excluding hydrogens is 156 g/mol. The average molecular weight is 172 g/mol. The van der Waals surface area contributed by atoms with Crippen molar-refractivity contribution in [1.29, 1.82) is 0 Å². The number of nitrogens with zero attached hydrogens (tertiary/aromatic N) is 1. The van der Waals surface area contributed by atoms with Gasteiger partial charge in [-0.1, -0.05) is 0 Å². The van der Waals surface area contributed by atoms with Crippen LogP contribution in [0.3, 0.4) is 0 Å². The molecule has 0 radical (unpaired) electrons. The number of rotatable bonds is 3. The smallest absolute Gasteiger partial charge is 0.217 e. The maximum absolute atomic E-state index is 10.7. The van der Waals surface area contributed by atoms with Gasteiger partial charge in [0.1, 0.15) is 0 Å². The number of carbonyl (C=O) groups excluding carboxylic acids is 1. The van der Waals surface area contributed by atoms with Gasteiger partial charge in [0.05, 0.1) is 6.61 Å². The number of hydrogen-bond donors (Lipinski definition) is 2. The van der Waals surface area contributed by atoms with E-state index in [-0.39, 0.29) is 18.6 Å². The van der Waals surface area contributed by atoms with Crippen LogP contribution in [0.4, 0.5) is 0 Å². The van der Waals surface area contributed by atoms with Crippen LogP contribution in [-0.4, -0.2) is 48.2 Å². The van der Waals surface area contributed by atoms with Crippen LogP contribution in [0.5, 0.6) is 0 Å². The molecule has 1 atom stereocenters. The van der Waals surface area contributed by atoms with Gasteiger partial charge >= 0.3 is 0 Å². The van der Waals surface area contributed by atoms with Gasteiger partial charge < -0.3 is 10.4 Å². The Hall–Kier alpha value is -0.610. The minimum absolute atomic E-state index is 0.0332. The molecule has 1 aliphatic rings. The predicted octanol–water partition coefficient (Wildman–Crippen LogP) is -0.811. The lowest BCUT2D eigenvalue weighted by atomic mass is 10.3. The second kappa shape index (κ2) is 4.42. The minimum atomic E-state index is 0.0332. The molecule has 1 fully saturated rings. The predicted molar refractivity (Wildman–Crippen MR) is 45.7 cm³/mol. The Morgan fingerprint density at radius 2 is 2.50 bits per heavy atom. The molecule has 4 nitrogen and oxygen atoms in total. The molecule has 0 aliphatic carbocycles. The number of amides is 1. The zero-order chi connectivity index (χ0) is 8.97. The van der Waals surface area contributed by atoms with Crippen molar-refractivity contribution in [3.05, 3.63) is 0 Å². The van der Waals surface area contributed by atoms with E-state index in [2.05, 4.69) is 10.2 Å². The summed E-state index contributed by atoms with van der Waals surface area (Å²) < 4.78 is 0. The van der Waals surface area contributed by atoms with Crippen LogP contribution in [-0.2, 0) is 4.79 Å². The van der Waals surface area contributed by atoms with Crippen molar-refractivity contribution < 1.29 is 9.90 Å². The molecule has 1 heterocycles.